The van der Waals surface area contributed by atoms with Gasteiger partial charge in [-0.3, -0.25) is 9.10 Å². The molecule has 9 heteroatoms. The van der Waals surface area contributed by atoms with Crippen molar-refractivity contribution in [3.05, 3.63) is 59.7 Å². The predicted molar refractivity (Wildman–Crippen MR) is 107 cm³/mol. The summed E-state index contributed by atoms with van der Waals surface area (Å²) in [5, 5.41) is 2.66. The first kappa shape index (κ1) is 22.6. The molecule has 1 amide bonds. The van der Waals surface area contributed by atoms with E-state index in [-0.39, 0.29) is 18.3 Å². The highest BCUT2D eigenvalue weighted by molar-refractivity contribution is 7.92. The van der Waals surface area contributed by atoms with Crippen molar-refractivity contribution >= 4 is 21.6 Å². The number of carbonyl (C=O) groups excluding carboxylic acids is 1. The third kappa shape index (κ3) is 6.15. The third-order valence-corrected chi connectivity index (χ3v) is 5.22. The minimum atomic E-state index is -3.93. The number of carbonyl (C=O) groups is 1. The number of nitrogens with zero attached hydrogens (tertiary/aromatic N) is 1. The highest BCUT2D eigenvalue weighted by Crippen LogP contribution is 2.23. The van der Waals surface area contributed by atoms with Crippen LogP contribution in [0.25, 0.3) is 0 Å². The van der Waals surface area contributed by atoms with Gasteiger partial charge in [0.2, 0.25) is 15.9 Å². The molecule has 0 aliphatic carbocycles. The molecule has 2 aromatic carbocycles. The molecular weight excluding hydrogens is 402 g/mol. The fourth-order valence-corrected chi connectivity index (χ4v) is 3.94. The summed E-state index contributed by atoms with van der Waals surface area (Å²) in [5.74, 6) is -2.25. The van der Waals surface area contributed by atoms with E-state index in [2.05, 4.69) is 5.32 Å². The quantitative estimate of drug-likeness (QED) is 0.703. The number of hydrogen-bond donors (Lipinski definition) is 1. The Morgan fingerprint density at radius 3 is 2.38 bits per heavy atom. The van der Waals surface area contributed by atoms with Crippen LogP contribution in [0.1, 0.15) is 26.3 Å². The van der Waals surface area contributed by atoms with E-state index in [1.807, 2.05) is 13.8 Å². The van der Waals surface area contributed by atoms with E-state index >= 15 is 0 Å². The van der Waals surface area contributed by atoms with Crippen LogP contribution in [0.3, 0.4) is 0 Å². The van der Waals surface area contributed by atoms with E-state index in [9.17, 15) is 22.0 Å². The molecule has 158 valence electrons. The SMILES string of the molecule is CC(C)Oc1cccc(CNC(=O)[C@@H](C)N(c2ccc(F)c(F)c2)S(C)(=O)=O)c1. The predicted octanol–water partition coefficient (Wildman–Crippen LogP) is 3.22. The zero-order valence-electron chi connectivity index (χ0n) is 16.6. The molecular formula is C20H24F2N2O4S. The van der Waals surface area contributed by atoms with E-state index in [1.54, 1.807) is 24.3 Å². The second-order valence-electron chi connectivity index (χ2n) is 6.87. The van der Waals surface area contributed by atoms with Crippen molar-refractivity contribution in [1.29, 1.82) is 0 Å². The Bertz CT molecular complexity index is 980. The summed E-state index contributed by atoms with van der Waals surface area (Å²) in [7, 11) is -3.93. The lowest BCUT2D eigenvalue weighted by Crippen LogP contribution is -2.47. The number of nitrogens with one attached hydrogen (secondary N) is 1. The fraction of sp³-hybridized carbons (Fsp3) is 0.350. The molecule has 2 aromatic rings. The number of halogens is 2. The topological polar surface area (TPSA) is 75.7 Å². The van der Waals surface area contributed by atoms with Crippen LogP contribution in [0.5, 0.6) is 5.75 Å². The molecule has 6 nitrogen and oxygen atoms in total. The van der Waals surface area contributed by atoms with Crippen LogP contribution in [0.4, 0.5) is 14.5 Å². The highest BCUT2D eigenvalue weighted by Gasteiger charge is 2.29. The van der Waals surface area contributed by atoms with Gasteiger partial charge in [-0.2, -0.15) is 0 Å². The van der Waals surface area contributed by atoms with E-state index in [1.165, 1.54) is 6.92 Å². The van der Waals surface area contributed by atoms with Crippen LogP contribution in [-0.4, -0.2) is 32.7 Å². The fourth-order valence-electron chi connectivity index (χ4n) is 2.77. The molecule has 2 rings (SSSR count). The molecule has 0 spiro atoms. The number of rotatable bonds is 8. The van der Waals surface area contributed by atoms with Gasteiger partial charge in [-0.05, 0) is 50.6 Å². The maximum atomic E-state index is 13.6. The smallest absolute Gasteiger partial charge is 0.243 e. The largest absolute Gasteiger partial charge is 0.491 e. The van der Waals surface area contributed by atoms with Gasteiger partial charge in [0.15, 0.2) is 11.6 Å². The van der Waals surface area contributed by atoms with Crippen LogP contribution < -0.4 is 14.4 Å². The summed E-state index contributed by atoms with van der Waals surface area (Å²) in [6, 6.07) is 8.63. The van der Waals surface area contributed by atoms with Gasteiger partial charge in [0.05, 0.1) is 18.0 Å². The number of benzene rings is 2. The molecule has 0 aromatic heterocycles. The first-order chi connectivity index (χ1) is 13.5. The van der Waals surface area contributed by atoms with Crippen molar-refractivity contribution in [2.24, 2.45) is 0 Å². The Morgan fingerprint density at radius 2 is 1.79 bits per heavy atom. The molecule has 0 bridgehead atoms. The van der Waals surface area contributed by atoms with E-state index in [4.69, 9.17) is 4.74 Å². The Morgan fingerprint density at radius 1 is 1.10 bits per heavy atom. The van der Waals surface area contributed by atoms with Crippen molar-refractivity contribution in [3.8, 4) is 5.75 Å². The Kier molecular flexibility index (Phi) is 7.18. The van der Waals surface area contributed by atoms with Gasteiger partial charge < -0.3 is 10.1 Å². The van der Waals surface area contributed by atoms with Gasteiger partial charge in [-0.1, -0.05) is 12.1 Å². The Balaban J connectivity index is 2.16. The zero-order chi connectivity index (χ0) is 21.8. The van der Waals surface area contributed by atoms with Gasteiger partial charge in [0, 0.05) is 12.6 Å². The summed E-state index contributed by atoms with van der Waals surface area (Å²) in [6.45, 7) is 5.31. The van der Waals surface area contributed by atoms with Gasteiger partial charge in [-0.15, -0.1) is 0 Å². The number of amides is 1. The number of sulfonamides is 1. The van der Waals surface area contributed by atoms with Crippen LogP contribution in [-0.2, 0) is 21.4 Å². The van der Waals surface area contributed by atoms with E-state index in [0.717, 1.165) is 34.3 Å². The number of ether oxygens (including phenoxy) is 1. The average Bonchev–Trinajstić information content (AvgIpc) is 2.61. The highest BCUT2D eigenvalue weighted by atomic mass is 32.2. The first-order valence-corrected chi connectivity index (χ1v) is 10.8. The minimum Gasteiger partial charge on any atom is -0.491 e. The molecule has 0 heterocycles. The minimum absolute atomic E-state index is 0.000660. The molecule has 0 aliphatic heterocycles. The zero-order valence-corrected chi connectivity index (χ0v) is 17.5. The normalized spacial score (nSPS) is 12.5. The van der Waals surface area contributed by atoms with Crippen molar-refractivity contribution in [1.82, 2.24) is 5.32 Å². The number of anilines is 1. The molecule has 1 N–H and O–H groups in total. The molecule has 29 heavy (non-hydrogen) atoms. The summed E-state index contributed by atoms with van der Waals surface area (Å²) in [5.41, 5.74) is 0.629. The Labute approximate surface area is 169 Å². The number of hydrogen-bond acceptors (Lipinski definition) is 4. The Hall–Kier alpha value is -2.68. The van der Waals surface area contributed by atoms with E-state index in [0.29, 0.717) is 5.75 Å². The van der Waals surface area contributed by atoms with Crippen LogP contribution in [0.2, 0.25) is 0 Å². The monoisotopic (exact) mass is 426 g/mol. The van der Waals surface area contributed by atoms with Gasteiger partial charge in [0.1, 0.15) is 11.8 Å². The summed E-state index contributed by atoms with van der Waals surface area (Å²) < 4.78 is 57.6. The second kappa shape index (κ2) is 9.21. The van der Waals surface area contributed by atoms with Gasteiger partial charge in [0.25, 0.3) is 0 Å². The lowest BCUT2D eigenvalue weighted by atomic mass is 10.2. The molecule has 1 atom stereocenters. The first-order valence-electron chi connectivity index (χ1n) is 8.97. The lowest BCUT2D eigenvalue weighted by Gasteiger charge is -2.28. The summed E-state index contributed by atoms with van der Waals surface area (Å²) in [6.07, 6.45) is 0.893. The van der Waals surface area contributed by atoms with Crippen molar-refractivity contribution < 1.29 is 26.7 Å². The third-order valence-electron chi connectivity index (χ3n) is 3.98. The maximum absolute atomic E-state index is 13.6. The van der Waals surface area contributed by atoms with Crippen molar-refractivity contribution in [2.75, 3.05) is 10.6 Å². The molecule has 0 saturated carbocycles. The van der Waals surface area contributed by atoms with E-state index < -0.39 is 33.6 Å². The summed E-state index contributed by atoms with van der Waals surface area (Å²) >= 11 is 0. The van der Waals surface area contributed by atoms with Gasteiger partial charge >= 0.3 is 0 Å². The van der Waals surface area contributed by atoms with Crippen LogP contribution in [0.15, 0.2) is 42.5 Å². The molecule has 0 aliphatic rings. The molecule has 0 unspecified atom stereocenters. The molecule has 0 fully saturated rings. The van der Waals surface area contributed by atoms with Crippen molar-refractivity contribution in [3.63, 3.8) is 0 Å². The molecule has 0 saturated heterocycles. The second-order valence-corrected chi connectivity index (χ2v) is 8.72. The van der Waals surface area contributed by atoms with Crippen molar-refractivity contribution in [2.45, 2.75) is 39.5 Å². The maximum Gasteiger partial charge on any atom is 0.243 e. The lowest BCUT2D eigenvalue weighted by molar-refractivity contribution is -0.122. The van der Waals surface area contributed by atoms with Crippen LogP contribution in [0, 0.1) is 11.6 Å². The van der Waals surface area contributed by atoms with Crippen LogP contribution >= 0.6 is 0 Å². The standard InChI is InChI=1S/C20H24F2N2O4S/c1-13(2)28-17-7-5-6-15(10-17)12-23-20(25)14(3)24(29(4,26)27)16-8-9-18(21)19(22)11-16/h5-11,13-14H,12H2,1-4H3,(H,23,25)/t14-/m1/s1. The summed E-state index contributed by atoms with van der Waals surface area (Å²) in [4.78, 5) is 12.6. The average molecular weight is 426 g/mol. The molecule has 0 radical (unpaired) electrons. The van der Waals surface area contributed by atoms with Gasteiger partial charge in [-0.25, -0.2) is 17.2 Å².